The second-order valence-electron chi connectivity index (χ2n) is 5.33. The van der Waals surface area contributed by atoms with Gasteiger partial charge in [-0.05, 0) is 38.3 Å². The van der Waals surface area contributed by atoms with Crippen molar-refractivity contribution in [2.75, 3.05) is 6.61 Å². The summed E-state index contributed by atoms with van der Waals surface area (Å²) in [6, 6.07) is 6.71. The maximum atomic E-state index is 6.10. The molecule has 0 radical (unpaired) electrons. The molecule has 0 spiro atoms. The first-order valence-electron chi connectivity index (χ1n) is 6.84. The molecule has 2 aromatic rings. The van der Waals surface area contributed by atoms with Crippen LogP contribution in [-0.4, -0.2) is 22.3 Å². The number of aryl methyl sites for hydroxylation is 1. The molecule has 0 saturated carbocycles. The van der Waals surface area contributed by atoms with Crippen LogP contribution in [0.25, 0.3) is 11.0 Å². The van der Waals surface area contributed by atoms with Gasteiger partial charge in [0.1, 0.15) is 5.82 Å². The average Bonchev–Trinajstić information content (AvgIpc) is 2.78. The Kier molecular flexibility index (Phi) is 3.50. The van der Waals surface area contributed by atoms with Gasteiger partial charge in [0.2, 0.25) is 0 Å². The Hall–Kier alpha value is -1.06. The lowest BCUT2D eigenvalue weighted by atomic mass is 10.0. The molecule has 3 rings (SSSR count). The zero-order chi connectivity index (χ0) is 13.4. The van der Waals surface area contributed by atoms with Gasteiger partial charge in [0.25, 0.3) is 0 Å². The summed E-state index contributed by atoms with van der Waals surface area (Å²) in [5.41, 5.74) is 3.55. The zero-order valence-electron chi connectivity index (χ0n) is 11.4. The third kappa shape index (κ3) is 2.26. The molecule has 19 heavy (non-hydrogen) atoms. The Labute approximate surface area is 118 Å². The predicted octanol–water partition coefficient (Wildman–Crippen LogP) is 3.82. The number of hydrogen-bond acceptors (Lipinski definition) is 2. The van der Waals surface area contributed by atoms with Gasteiger partial charge in [-0.15, -0.1) is 11.6 Å². The third-order valence-corrected chi connectivity index (χ3v) is 4.17. The van der Waals surface area contributed by atoms with Crippen LogP contribution in [0.1, 0.15) is 37.2 Å². The molecule has 2 atom stereocenters. The van der Waals surface area contributed by atoms with E-state index in [9.17, 15) is 0 Å². The minimum atomic E-state index is 0.309. The third-order valence-electron chi connectivity index (χ3n) is 3.93. The first-order valence-corrected chi connectivity index (χ1v) is 7.38. The van der Waals surface area contributed by atoms with Gasteiger partial charge in [-0.3, -0.25) is 0 Å². The largest absolute Gasteiger partial charge is 0.378 e. The second-order valence-corrected chi connectivity index (χ2v) is 5.60. The van der Waals surface area contributed by atoms with Crippen LogP contribution >= 0.6 is 11.6 Å². The van der Waals surface area contributed by atoms with E-state index in [0.717, 1.165) is 30.8 Å². The van der Waals surface area contributed by atoms with Crippen molar-refractivity contribution < 1.29 is 4.74 Å². The molecular formula is C15H19ClN2O. The Morgan fingerprint density at radius 1 is 1.47 bits per heavy atom. The van der Waals surface area contributed by atoms with Gasteiger partial charge >= 0.3 is 0 Å². The zero-order valence-corrected chi connectivity index (χ0v) is 12.2. The van der Waals surface area contributed by atoms with E-state index < -0.39 is 0 Å². The molecule has 1 saturated heterocycles. The van der Waals surface area contributed by atoms with Gasteiger partial charge in [0.15, 0.2) is 0 Å². The molecular weight excluding hydrogens is 260 g/mol. The van der Waals surface area contributed by atoms with Crippen molar-refractivity contribution in [3.05, 3.63) is 29.6 Å². The molecule has 0 bridgehead atoms. The van der Waals surface area contributed by atoms with Crippen LogP contribution in [0.5, 0.6) is 0 Å². The number of nitrogens with zero attached hydrogens (tertiary/aromatic N) is 2. The summed E-state index contributed by atoms with van der Waals surface area (Å²) in [7, 11) is 0. The molecule has 0 N–H and O–H groups in total. The molecule has 1 aliphatic rings. The van der Waals surface area contributed by atoms with Gasteiger partial charge in [0.05, 0.1) is 23.0 Å². The predicted molar refractivity (Wildman–Crippen MR) is 77.7 cm³/mol. The van der Waals surface area contributed by atoms with Crippen LogP contribution in [-0.2, 0) is 10.6 Å². The summed E-state index contributed by atoms with van der Waals surface area (Å²) < 4.78 is 8.00. The molecule has 1 aromatic heterocycles. The smallest absolute Gasteiger partial charge is 0.125 e. The first-order chi connectivity index (χ1) is 9.20. The fourth-order valence-electron chi connectivity index (χ4n) is 3.07. The summed E-state index contributed by atoms with van der Waals surface area (Å²) in [6.45, 7) is 5.10. The average molecular weight is 279 g/mol. The molecule has 0 amide bonds. The fourth-order valence-corrected chi connectivity index (χ4v) is 3.25. The van der Waals surface area contributed by atoms with E-state index in [2.05, 4.69) is 41.6 Å². The fraction of sp³-hybridized carbons (Fsp3) is 0.533. The van der Waals surface area contributed by atoms with Gasteiger partial charge in [-0.1, -0.05) is 12.1 Å². The topological polar surface area (TPSA) is 27.1 Å². The van der Waals surface area contributed by atoms with Crippen molar-refractivity contribution in [1.29, 1.82) is 0 Å². The van der Waals surface area contributed by atoms with E-state index in [0.29, 0.717) is 18.0 Å². The Morgan fingerprint density at radius 2 is 2.32 bits per heavy atom. The SMILES string of the molecule is Cc1cccc2nc(CCl)n(C3CCOC(C)C3)c12. The quantitative estimate of drug-likeness (QED) is 0.781. The Balaban J connectivity index is 2.14. The summed E-state index contributed by atoms with van der Waals surface area (Å²) in [6.07, 6.45) is 2.38. The van der Waals surface area contributed by atoms with Crippen molar-refractivity contribution in [2.45, 2.75) is 44.7 Å². The highest BCUT2D eigenvalue weighted by molar-refractivity contribution is 6.16. The van der Waals surface area contributed by atoms with Gasteiger partial charge < -0.3 is 9.30 Å². The number of imidazole rings is 1. The van der Waals surface area contributed by atoms with E-state index in [1.807, 2.05) is 0 Å². The van der Waals surface area contributed by atoms with Crippen molar-refractivity contribution >= 4 is 22.6 Å². The molecule has 1 aliphatic heterocycles. The maximum Gasteiger partial charge on any atom is 0.125 e. The van der Waals surface area contributed by atoms with E-state index >= 15 is 0 Å². The first kappa shape index (κ1) is 12.9. The second kappa shape index (κ2) is 5.14. The van der Waals surface area contributed by atoms with Crippen LogP contribution in [0.2, 0.25) is 0 Å². The van der Waals surface area contributed by atoms with Gasteiger partial charge in [-0.25, -0.2) is 4.98 Å². The number of aromatic nitrogens is 2. The number of halogens is 1. The normalized spacial score (nSPS) is 23.9. The highest BCUT2D eigenvalue weighted by Crippen LogP contribution is 2.32. The molecule has 1 fully saturated rings. The Morgan fingerprint density at radius 3 is 3.05 bits per heavy atom. The van der Waals surface area contributed by atoms with Crippen molar-refractivity contribution in [3.63, 3.8) is 0 Å². The summed E-state index contributed by atoms with van der Waals surface area (Å²) in [5.74, 6) is 1.44. The van der Waals surface area contributed by atoms with E-state index in [4.69, 9.17) is 16.3 Å². The number of ether oxygens (including phenoxy) is 1. The lowest BCUT2D eigenvalue weighted by molar-refractivity contribution is 0.00631. The minimum Gasteiger partial charge on any atom is -0.378 e. The van der Waals surface area contributed by atoms with Gasteiger partial charge in [0, 0.05) is 12.6 Å². The molecule has 4 heteroatoms. The van der Waals surface area contributed by atoms with Crippen molar-refractivity contribution in [3.8, 4) is 0 Å². The monoisotopic (exact) mass is 278 g/mol. The molecule has 1 aromatic carbocycles. The van der Waals surface area contributed by atoms with Gasteiger partial charge in [-0.2, -0.15) is 0 Å². The number of benzene rings is 1. The molecule has 3 nitrogen and oxygen atoms in total. The highest BCUT2D eigenvalue weighted by Gasteiger charge is 2.25. The summed E-state index contributed by atoms with van der Waals surface area (Å²) in [5, 5.41) is 0. The number of alkyl halides is 1. The van der Waals surface area contributed by atoms with Crippen LogP contribution < -0.4 is 0 Å². The number of para-hydroxylation sites is 1. The van der Waals surface area contributed by atoms with Crippen LogP contribution in [0, 0.1) is 6.92 Å². The molecule has 0 aliphatic carbocycles. The molecule has 102 valence electrons. The van der Waals surface area contributed by atoms with E-state index in [1.54, 1.807) is 0 Å². The number of hydrogen-bond donors (Lipinski definition) is 0. The highest BCUT2D eigenvalue weighted by atomic mass is 35.5. The maximum absolute atomic E-state index is 6.10. The van der Waals surface area contributed by atoms with E-state index in [1.165, 1.54) is 11.1 Å². The Bertz CT molecular complexity index is 593. The lowest BCUT2D eigenvalue weighted by Crippen LogP contribution is -2.26. The van der Waals surface area contributed by atoms with Crippen LogP contribution in [0.3, 0.4) is 0 Å². The molecule has 2 heterocycles. The lowest BCUT2D eigenvalue weighted by Gasteiger charge is -2.30. The standard InChI is InChI=1S/C15H19ClN2O/c1-10-4-3-5-13-15(10)18(14(9-16)17-13)12-6-7-19-11(2)8-12/h3-5,11-12H,6-9H2,1-2H3. The number of fused-ring (bicyclic) bond motifs is 1. The number of rotatable bonds is 2. The summed E-state index contributed by atoms with van der Waals surface area (Å²) >= 11 is 6.10. The van der Waals surface area contributed by atoms with Crippen molar-refractivity contribution in [2.24, 2.45) is 0 Å². The van der Waals surface area contributed by atoms with Crippen LogP contribution in [0.4, 0.5) is 0 Å². The summed E-state index contributed by atoms with van der Waals surface area (Å²) in [4.78, 5) is 4.68. The molecule has 2 unspecified atom stereocenters. The van der Waals surface area contributed by atoms with E-state index in [-0.39, 0.29) is 0 Å². The van der Waals surface area contributed by atoms with Crippen molar-refractivity contribution in [1.82, 2.24) is 9.55 Å². The van der Waals surface area contributed by atoms with Crippen LogP contribution in [0.15, 0.2) is 18.2 Å². The minimum absolute atomic E-state index is 0.309.